The first-order valence-electron chi connectivity index (χ1n) is 17.1. The Morgan fingerprint density at radius 1 is 0.581 bits per heavy atom. The second-order valence-corrected chi connectivity index (χ2v) is 17.5. The molecule has 0 saturated heterocycles. The fourth-order valence-corrected chi connectivity index (χ4v) is 9.36. The smallest absolute Gasteiger partial charge is 0.00877 e. The maximum Gasteiger partial charge on any atom is -0.00877 e. The van der Waals surface area contributed by atoms with E-state index in [9.17, 15) is 0 Å². The highest BCUT2D eigenvalue weighted by atomic mass is 14.6. The summed E-state index contributed by atoms with van der Waals surface area (Å²) in [6, 6.07) is 23.3. The molecule has 0 aliphatic heterocycles. The van der Waals surface area contributed by atoms with Gasteiger partial charge in [-0.15, -0.1) is 0 Å². The van der Waals surface area contributed by atoms with E-state index in [1.165, 1.54) is 24.0 Å². The minimum Gasteiger partial charge on any atom is -0.0802 e. The molecule has 0 radical (unpaired) electrons. The van der Waals surface area contributed by atoms with Gasteiger partial charge in [0, 0.05) is 0 Å². The summed E-state index contributed by atoms with van der Waals surface area (Å²) in [4.78, 5) is 0. The Kier molecular flexibility index (Phi) is 7.84. The van der Waals surface area contributed by atoms with Crippen LogP contribution in [0.3, 0.4) is 0 Å². The van der Waals surface area contributed by atoms with Crippen molar-refractivity contribution < 1.29 is 0 Å². The van der Waals surface area contributed by atoms with Crippen molar-refractivity contribution in [2.45, 2.75) is 87.0 Å². The average Bonchev–Trinajstić information content (AvgIpc) is 3.54. The summed E-state index contributed by atoms with van der Waals surface area (Å²) in [5, 5.41) is 0. The summed E-state index contributed by atoms with van der Waals surface area (Å²) in [5.41, 5.74) is 6.78. The summed E-state index contributed by atoms with van der Waals surface area (Å²) >= 11 is 0. The Hall–Kier alpha value is -2.60. The molecule has 2 fully saturated rings. The van der Waals surface area contributed by atoms with Crippen LogP contribution in [0.1, 0.15) is 98.1 Å². The molecule has 2 aromatic rings. The van der Waals surface area contributed by atoms with Gasteiger partial charge in [0.2, 0.25) is 0 Å². The summed E-state index contributed by atoms with van der Waals surface area (Å²) in [6.07, 6.45) is 18.4. The number of allylic oxidation sites excluding steroid dienone is 8. The van der Waals surface area contributed by atoms with Gasteiger partial charge in [0.15, 0.2) is 0 Å². The van der Waals surface area contributed by atoms with Crippen LogP contribution in [0.2, 0.25) is 0 Å². The van der Waals surface area contributed by atoms with E-state index in [1.807, 2.05) is 0 Å². The molecule has 0 aromatic heterocycles. The highest BCUT2D eigenvalue weighted by Gasteiger charge is 2.55. The van der Waals surface area contributed by atoms with Gasteiger partial charge >= 0.3 is 0 Å². The van der Waals surface area contributed by atoms with Crippen LogP contribution in [-0.4, -0.2) is 0 Å². The normalized spacial score (nSPS) is 33.0. The monoisotopic (exact) mass is 572 g/mol. The van der Waals surface area contributed by atoms with E-state index in [2.05, 4.69) is 159 Å². The SMILES string of the molecule is CC(C)(C)C1=CC2C3C=C(C(C)(C)C)C=CC3C(C(c3ccccc3)C3CC(C(C)(C)C)CC3c3ccccc3)C2C=C1. The molecule has 0 bridgehead atoms. The molecule has 4 aliphatic rings. The minimum atomic E-state index is 0.165. The minimum absolute atomic E-state index is 0.165. The first-order chi connectivity index (χ1) is 20.2. The molecule has 0 heteroatoms. The molecule has 0 amide bonds. The van der Waals surface area contributed by atoms with Crippen LogP contribution in [0.15, 0.2) is 108 Å². The van der Waals surface area contributed by atoms with E-state index < -0.39 is 0 Å². The zero-order valence-corrected chi connectivity index (χ0v) is 28.3. The predicted molar refractivity (Wildman–Crippen MR) is 185 cm³/mol. The molecule has 43 heavy (non-hydrogen) atoms. The lowest BCUT2D eigenvalue weighted by Gasteiger charge is -2.40. The molecule has 2 saturated carbocycles. The van der Waals surface area contributed by atoms with Crippen molar-refractivity contribution >= 4 is 0 Å². The third kappa shape index (κ3) is 5.81. The maximum atomic E-state index is 2.71. The molecular formula is C43H56. The van der Waals surface area contributed by atoms with Crippen LogP contribution in [0.5, 0.6) is 0 Å². The maximum absolute atomic E-state index is 2.71. The van der Waals surface area contributed by atoms with E-state index >= 15 is 0 Å². The van der Waals surface area contributed by atoms with Gasteiger partial charge in [-0.3, -0.25) is 0 Å². The second-order valence-electron chi connectivity index (χ2n) is 17.5. The quantitative estimate of drug-likeness (QED) is 0.342. The van der Waals surface area contributed by atoms with Crippen molar-refractivity contribution in [2.75, 3.05) is 0 Å². The first-order valence-corrected chi connectivity index (χ1v) is 17.1. The van der Waals surface area contributed by atoms with Crippen LogP contribution in [0, 0.1) is 57.7 Å². The van der Waals surface area contributed by atoms with Gasteiger partial charge in [0.25, 0.3) is 0 Å². The number of rotatable bonds is 4. The van der Waals surface area contributed by atoms with Crippen molar-refractivity contribution in [2.24, 2.45) is 57.7 Å². The average molecular weight is 573 g/mol. The van der Waals surface area contributed by atoms with Gasteiger partial charge in [-0.05, 0) is 105 Å². The third-order valence-corrected chi connectivity index (χ3v) is 11.8. The largest absolute Gasteiger partial charge is 0.0802 e. The molecule has 2 aromatic carbocycles. The topological polar surface area (TPSA) is 0 Å². The Balaban J connectivity index is 1.50. The standard InChI is InChI=1S/C43H56/c1-41(2,3)30-20-22-33-36(24-30)37-25-31(42(4,5)6)21-23-34(37)40(33)39(29-18-14-11-15-19-29)38-27-32(43(7,8)9)26-35(38)28-16-12-10-13-17-28/h10-25,32-40H,26-27H2,1-9H3. The second kappa shape index (κ2) is 11.1. The Morgan fingerprint density at radius 3 is 1.53 bits per heavy atom. The van der Waals surface area contributed by atoms with Gasteiger partial charge in [0.05, 0.1) is 0 Å². The molecular weight excluding hydrogens is 516 g/mol. The predicted octanol–water partition coefficient (Wildman–Crippen LogP) is 11.8. The fourth-order valence-electron chi connectivity index (χ4n) is 9.36. The van der Waals surface area contributed by atoms with Crippen LogP contribution in [0.4, 0.5) is 0 Å². The van der Waals surface area contributed by atoms with Gasteiger partial charge in [-0.25, -0.2) is 0 Å². The summed E-state index contributed by atoms with van der Waals surface area (Å²) in [5.74, 6) is 5.25. The van der Waals surface area contributed by atoms with Crippen LogP contribution >= 0.6 is 0 Å². The van der Waals surface area contributed by atoms with Gasteiger partial charge in [0.1, 0.15) is 0 Å². The molecule has 0 nitrogen and oxygen atoms in total. The zero-order chi connectivity index (χ0) is 30.7. The summed E-state index contributed by atoms with van der Waals surface area (Å²) in [6.45, 7) is 21.7. The van der Waals surface area contributed by atoms with E-state index in [1.54, 1.807) is 11.1 Å². The fraction of sp³-hybridized carbons (Fsp3) is 0.535. The Labute approximate surface area is 263 Å². The molecule has 0 N–H and O–H groups in total. The van der Waals surface area contributed by atoms with Crippen molar-refractivity contribution in [3.63, 3.8) is 0 Å². The molecule has 228 valence electrons. The van der Waals surface area contributed by atoms with E-state index in [4.69, 9.17) is 0 Å². The molecule has 0 spiro atoms. The van der Waals surface area contributed by atoms with E-state index in [0.29, 0.717) is 52.8 Å². The van der Waals surface area contributed by atoms with Crippen molar-refractivity contribution in [1.82, 2.24) is 0 Å². The lowest BCUT2D eigenvalue weighted by atomic mass is 9.64. The number of fused-ring (bicyclic) bond motifs is 3. The van der Waals surface area contributed by atoms with E-state index in [-0.39, 0.29) is 10.8 Å². The van der Waals surface area contributed by atoms with Gasteiger partial charge in [-0.2, -0.15) is 0 Å². The number of benzene rings is 2. The number of hydrogen-bond donors (Lipinski definition) is 0. The first kappa shape index (κ1) is 30.4. The molecule has 6 rings (SSSR count). The zero-order valence-electron chi connectivity index (χ0n) is 28.3. The highest BCUT2D eigenvalue weighted by Crippen LogP contribution is 2.64. The Morgan fingerprint density at radius 2 is 1.07 bits per heavy atom. The lowest BCUT2D eigenvalue weighted by Crippen LogP contribution is -2.31. The lowest BCUT2D eigenvalue weighted by molar-refractivity contribution is 0.202. The number of hydrogen-bond acceptors (Lipinski definition) is 0. The van der Waals surface area contributed by atoms with Crippen LogP contribution in [-0.2, 0) is 0 Å². The van der Waals surface area contributed by atoms with Crippen molar-refractivity contribution in [1.29, 1.82) is 0 Å². The van der Waals surface area contributed by atoms with E-state index in [0.717, 1.165) is 5.92 Å². The van der Waals surface area contributed by atoms with Crippen LogP contribution < -0.4 is 0 Å². The highest BCUT2D eigenvalue weighted by molar-refractivity contribution is 5.41. The third-order valence-electron chi connectivity index (χ3n) is 11.8. The molecule has 8 atom stereocenters. The summed E-state index contributed by atoms with van der Waals surface area (Å²) in [7, 11) is 0. The summed E-state index contributed by atoms with van der Waals surface area (Å²) < 4.78 is 0. The van der Waals surface area contributed by atoms with Gasteiger partial charge in [-0.1, -0.05) is 159 Å². The molecule has 0 heterocycles. The molecule has 8 unspecified atom stereocenters. The Bertz CT molecular complexity index is 1340. The molecule has 4 aliphatic carbocycles. The van der Waals surface area contributed by atoms with Crippen LogP contribution in [0.25, 0.3) is 0 Å². The van der Waals surface area contributed by atoms with Crippen molar-refractivity contribution in [3.05, 3.63) is 119 Å². The van der Waals surface area contributed by atoms with Gasteiger partial charge < -0.3 is 0 Å². The van der Waals surface area contributed by atoms with Crippen molar-refractivity contribution in [3.8, 4) is 0 Å².